The number of aryl methyl sites for hydroxylation is 1. The summed E-state index contributed by atoms with van der Waals surface area (Å²) in [6, 6.07) is 19.1. The second-order valence-electron chi connectivity index (χ2n) is 9.81. The molecule has 158 valence electrons. The molecule has 0 aliphatic carbocycles. The lowest BCUT2D eigenvalue weighted by molar-refractivity contribution is 0.719. The summed E-state index contributed by atoms with van der Waals surface area (Å²) in [5.41, 5.74) is 10.1. The summed E-state index contributed by atoms with van der Waals surface area (Å²) in [5.74, 6) is 0. The molecule has 6 rings (SSSR count). The first-order valence-electron chi connectivity index (χ1n) is 11.3. The van der Waals surface area contributed by atoms with E-state index in [1.54, 1.807) is 9.79 Å². The molecule has 3 aliphatic rings. The summed E-state index contributed by atoms with van der Waals surface area (Å²) in [6.07, 6.45) is 7.31. The molecule has 0 fully saturated rings. The van der Waals surface area contributed by atoms with Crippen molar-refractivity contribution in [3.8, 4) is 0 Å². The van der Waals surface area contributed by atoms with Crippen LogP contribution in [0.5, 0.6) is 0 Å². The van der Waals surface area contributed by atoms with Gasteiger partial charge in [0.15, 0.2) is 0 Å². The van der Waals surface area contributed by atoms with Crippen molar-refractivity contribution in [2.75, 3.05) is 44.6 Å². The third-order valence-corrected chi connectivity index (χ3v) is 10.5. The molecule has 0 unspecified atom stereocenters. The summed E-state index contributed by atoms with van der Waals surface area (Å²) in [5, 5.41) is 2.91. The van der Waals surface area contributed by atoms with Gasteiger partial charge in [-0.05, 0) is 77.1 Å². The zero-order valence-electron chi connectivity index (χ0n) is 19.2. The van der Waals surface area contributed by atoms with Gasteiger partial charge < -0.3 is 4.90 Å². The monoisotopic (exact) mass is 427 g/mol. The number of anilines is 1. The first kappa shape index (κ1) is 19.2. The predicted molar refractivity (Wildman–Crippen MR) is 134 cm³/mol. The molecule has 0 N–H and O–H groups in total. The van der Waals surface area contributed by atoms with Gasteiger partial charge in [0, 0.05) is 47.1 Å². The van der Waals surface area contributed by atoms with Crippen molar-refractivity contribution >= 4 is 21.3 Å². The van der Waals surface area contributed by atoms with Gasteiger partial charge in [-0.1, -0.05) is 24.3 Å². The van der Waals surface area contributed by atoms with Crippen molar-refractivity contribution in [2.45, 2.75) is 29.6 Å². The normalized spacial score (nSPS) is 19.1. The SMILES string of the molecule is Cc1ccccc1C1=c2cc3c(cc2S(C)(C)c2cc4c(cc21)CCN4C)=[N+](C)CC3. The van der Waals surface area contributed by atoms with E-state index in [2.05, 4.69) is 91.5 Å². The molecule has 0 spiro atoms. The predicted octanol–water partition coefficient (Wildman–Crippen LogP) is 3.71. The molecule has 3 heterocycles. The standard InChI is InChI=1S/C28H31N2S/c1-18-8-6-7-9-21(18)28-22-14-19-10-12-29(2)24(19)16-26(22)31(4,5)27-17-25-20(15-23(27)28)11-13-30(25)3/h6-9,14-17H,10-13H2,1-5H3/q+1. The molecule has 31 heavy (non-hydrogen) atoms. The van der Waals surface area contributed by atoms with Crippen molar-refractivity contribution in [3.63, 3.8) is 0 Å². The molecule has 0 radical (unpaired) electrons. The molecule has 3 aromatic rings. The topological polar surface area (TPSA) is 6.25 Å². The summed E-state index contributed by atoms with van der Waals surface area (Å²) in [7, 11) is 3.36. The average molecular weight is 428 g/mol. The van der Waals surface area contributed by atoms with Gasteiger partial charge in [-0.2, -0.15) is 10.0 Å². The minimum Gasteiger partial charge on any atom is -0.374 e. The van der Waals surface area contributed by atoms with Crippen LogP contribution in [0.4, 0.5) is 5.69 Å². The molecular formula is C28H31N2S+. The lowest BCUT2D eigenvalue weighted by Crippen LogP contribution is -2.29. The third-order valence-electron chi connectivity index (χ3n) is 7.67. The van der Waals surface area contributed by atoms with Gasteiger partial charge in [0.1, 0.15) is 13.6 Å². The summed E-state index contributed by atoms with van der Waals surface area (Å²) < 4.78 is 2.44. The molecule has 0 saturated heterocycles. The summed E-state index contributed by atoms with van der Waals surface area (Å²) >= 11 is 0. The van der Waals surface area contributed by atoms with Gasteiger partial charge in [0.25, 0.3) is 0 Å². The van der Waals surface area contributed by atoms with E-state index in [0.29, 0.717) is 0 Å². The van der Waals surface area contributed by atoms with Crippen molar-refractivity contribution < 1.29 is 0 Å². The Labute approximate surface area is 186 Å². The Hall–Kier alpha value is -2.52. The number of rotatable bonds is 1. The van der Waals surface area contributed by atoms with Crippen molar-refractivity contribution in [2.24, 2.45) is 0 Å². The zero-order valence-corrected chi connectivity index (χ0v) is 20.1. The minimum atomic E-state index is -1.12. The number of nitrogens with zero attached hydrogens (tertiary/aromatic N) is 2. The average Bonchev–Trinajstić information content (AvgIpc) is 3.30. The number of hydrogen-bond donors (Lipinski definition) is 0. The van der Waals surface area contributed by atoms with Crippen LogP contribution in [0.15, 0.2) is 58.3 Å². The van der Waals surface area contributed by atoms with Gasteiger partial charge in [0.05, 0.1) is 0 Å². The Morgan fingerprint density at radius 3 is 2.52 bits per heavy atom. The molecule has 3 heteroatoms. The van der Waals surface area contributed by atoms with Crippen LogP contribution >= 0.6 is 10.0 Å². The highest BCUT2D eigenvalue weighted by Crippen LogP contribution is 2.61. The van der Waals surface area contributed by atoms with E-state index in [-0.39, 0.29) is 0 Å². The van der Waals surface area contributed by atoms with Gasteiger partial charge in [-0.15, -0.1) is 0 Å². The zero-order chi connectivity index (χ0) is 21.5. The Morgan fingerprint density at radius 2 is 1.71 bits per heavy atom. The summed E-state index contributed by atoms with van der Waals surface area (Å²) in [4.78, 5) is 5.53. The fraction of sp³-hybridized carbons (Fsp3) is 0.321. The third kappa shape index (κ3) is 2.62. The van der Waals surface area contributed by atoms with Crippen LogP contribution in [0.2, 0.25) is 0 Å². The van der Waals surface area contributed by atoms with E-state index < -0.39 is 10.0 Å². The van der Waals surface area contributed by atoms with Crippen molar-refractivity contribution in [3.05, 3.63) is 86.9 Å². The highest BCUT2D eigenvalue weighted by atomic mass is 32.3. The van der Waals surface area contributed by atoms with E-state index in [4.69, 9.17) is 0 Å². The molecule has 0 atom stereocenters. The quantitative estimate of drug-likeness (QED) is 0.537. The maximum absolute atomic E-state index is 2.53. The van der Waals surface area contributed by atoms with E-state index in [0.717, 1.165) is 25.9 Å². The summed E-state index contributed by atoms with van der Waals surface area (Å²) in [6.45, 7) is 4.51. The van der Waals surface area contributed by atoms with Crippen molar-refractivity contribution in [1.82, 2.24) is 4.58 Å². The molecule has 2 nitrogen and oxygen atoms in total. The first-order valence-corrected chi connectivity index (χ1v) is 13.7. The number of benzene rings is 3. The number of fused-ring (bicyclic) bond motifs is 4. The molecule has 0 bridgehead atoms. The molecule has 0 saturated carbocycles. The molecular weight excluding hydrogens is 396 g/mol. The van der Waals surface area contributed by atoms with Gasteiger partial charge in [-0.25, -0.2) is 4.58 Å². The molecule has 0 amide bonds. The number of hydrogen-bond acceptors (Lipinski definition) is 1. The van der Waals surface area contributed by atoms with Crippen LogP contribution < -0.4 is 20.1 Å². The second kappa shape index (κ2) is 6.49. The van der Waals surface area contributed by atoms with Gasteiger partial charge >= 0.3 is 0 Å². The second-order valence-corrected chi connectivity index (χ2v) is 13.3. The van der Waals surface area contributed by atoms with E-state index >= 15 is 0 Å². The molecule has 3 aliphatic heterocycles. The number of likely N-dealkylation sites (N-methyl/N-ethyl adjacent to an activating group) is 2. The Morgan fingerprint density at radius 1 is 0.903 bits per heavy atom. The van der Waals surface area contributed by atoms with Crippen LogP contribution in [-0.4, -0.2) is 39.7 Å². The molecule has 0 aromatic heterocycles. The Balaban J connectivity index is 1.81. The first-order chi connectivity index (χ1) is 14.9. The van der Waals surface area contributed by atoms with Crippen LogP contribution in [-0.2, 0) is 12.8 Å². The lowest BCUT2D eigenvalue weighted by Gasteiger charge is -2.39. The largest absolute Gasteiger partial charge is 0.374 e. The fourth-order valence-corrected chi connectivity index (χ4v) is 8.27. The maximum atomic E-state index is 2.53. The van der Waals surface area contributed by atoms with Gasteiger partial charge in [0.2, 0.25) is 5.36 Å². The van der Waals surface area contributed by atoms with Gasteiger partial charge in [-0.3, -0.25) is 0 Å². The van der Waals surface area contributed by atoms with Crippen LogP contribution in [0, 0.1) is 6.92 Å². The molecule has 3 aromatic carbocycles. The Bertz CT molecular complexity index is 1400. The van der Waals surface area contributed by atoms with E-state index in [9.17, 15) is 0 Å². The fourth-order valence-electron chi connectivity index (χ4n) is 5.80. The van der Waals surface area contributed by atoms with Crippen LogP contribution in [0.25, 0.3) is 5.57 Å². The van der Waals surface area contributed by atoms with Crippen LogP contribution in [0.1, 0.15) is 27.8 Å². The van der Waals surface area contributed by atoms with E-state index in [1.807, 2.05) is 0 Å². The smallest absolute Gasteiger partial charge is 0.204 e. The highest BCUT2D eigenvalue weighted by molar-refractivity contribution is 8.32. The van der Waals surface area contributed by atoms with Crippen molar-refractivity contribution in [1.29, 1.82) is 0 Å². The highest BCUT2D eigenvalue weighted by Gasteiger charge is 2.34. The maximum Gasteiger partial charge on any atom is 0.204 e. The Kier molecular flexibility index (Phi) is 4.02. The van der Waals surface area contributed by atoms with E-state index in [1.165, 1.54) is 49.7 Å². The lowest BCUT2D eigenvalue weighted by atomic mass is 9.90. The van der Waals surface area contributed by atoms with Crippen LogP contribution in [0.3, 0.4) is 0 Å². The minimum absolute atomic E-state index is 1.12.